The molecule has 0 aliphatic carbocycles. The third kappa shape index (κ3) is 5.62. The van der Waals surface area contributed by atoms with Crippen molar-refractivity contribution in [1.29, 1.82) is 5.26 Å². The zero-order valence-corrected chi connectivity index (χ0v) is 11.7. The number of nitriles is 1. The minimum atomic E-state index is 0.516. The summed E-state index contributed by atoms with van der Waals surface area (Å²) >= 11 is 0. The largest absolute Gasteiger partial charge is 0.490 e. The van der Waals surface area contributed by atoms with Crippen LogP contribution in [-0.4, -0.2) is 19.8 Å². The van der Waals surface area contributed by atoms with E-state index in [0.717, 1.165) is 31.0 Å². The van der Waals surface area contributed by atoms with Crippen LogP contribution in [0.25, 0.3) is 0 Å². The maximum Gasteiger partial charge on any atom is 0.161 e. The summed E-state index contributed by atoms with van der Waals surface area (Å²) in [6.07, 6.45) is 1.25. The molecule has 0 saturated heterocycles. The molecule has 0 unspecified atom stereocenters. The van der Waals surface area contributed by atoms with Crippen molar-refractivity contribution >= 4 is 0 Å². The minimum absolute atomic E-state index is 0.516. The molecule has 4 nitrogen and oxygen atoms in total. The molecule has 0 atom stereocenters. The van der Waals surface area contributed by atoms with Crippen LogP contribution in [0.15, 0.2) is 18.2 Å². The van der Waals surface area contributed by atoms with Crippen LogP contribution in [0.4, 0.5) is 0 Å². The monoisotopic (exact) mass is 262 g/mol. The fraction of sp³-hybridized carbons (Fsp3) is 0.533. The molecule has 1 rings (SSSR count). The number of hydrogen-bond donors (Lipinski definition) is 1. The number of rotatable bonds is 9. The van der Waals surface area contributed by atoms with Crippen LogP contribution in [-0.2, 0) is 6.54 Å². The van der Waals surface area contributed by atoms with Crippen molar-refractivity contribution in [1.82, 2.24) is 5.32 Å². The molecule has 1 aromatic rings. The number of hydrogen-bond acceptors (Lipinski definition) is 4. The molecule has 0 aliphatic rings. The van der Waals surface area contributed by atoms with Crippen molar-refractivity contribution in [2.24, 2.45) is 0 Å². The van der Waals surface area contributed by atoms with Crippen LogP contribution in [0.1, 0.15) is 32.3 Å². The predicted molar refractivity (Wildman–Crippen MR) is 75.3 cm³/mol. The van der Waals surface area contributed by atoms with Gasteiger partial charge < -0.3 is 14.8 Å². The van der Waals surface area contributed by atoms with Crippen molar-refractivity contribution in [2.75, 3.05) is 19.8 Å². The lowest BCUT2D eigenvalue weighted by Crippen LogP contribution is -2.12. The summed E-state index contributed by atoms with van der Waals surface area (Å²) in [5, 5.41) is 11.8. The highest BCUT2D eigenvalue weighted by Crippen LogP contribution is 2.28. The zero-order valence-electron chi connectivity index (χ0n) is 11.7. The second-order valence-electron chi connectivity index (χ2n) is 4.10. The fourth-order valence-corrected chi connectivity index (χ4v) is 1.65. The average Bonchev–Trinajstić information content (AvgIpc) is 2.43. The Balaban J connectivity index is 2.65. The molecular weight excluding hydrogens is 240 g/mol. The Labute approximate surface area is 115 Å². The molecular formula is C15H22N2O2. The van der Waals surface area contributed by atoms with Crippen molar-refractivity contribution in [3.8, 4) is 17.6 Å². The van der Waals surface area contributed by atoms with Crippen LogP contribution < -0.4 is 14.8 Å². The van der Waals surface area contributed by atoms with E-state index >= 15 is 0 Å². The van der Waals surface area contributed by atoms with Gasteiger partial charge in [-0.3, -0.25) is 0 Å². The molecule has 0 radical (unpaired) electrons. The molecule has 0 aliphatic heterocycles. The standard InChI is InChI=1S/C15H22N2O2/c1-3-17-12-13-7-8-14(15(11-13)18-4-2)19-10-6-5-9-16/h7-8,11,17H,3-6,10,12H2,1-2H3. The van der Waals surface area contributed by atoms with Crippen molar-refractivity contribution in [3.05, 3.63) is 23.8 Å². The lowest BCUT2D eigenvalue weighted by molar-refractivity contribution is 0.274. The fourth-order valence-electron chi connectivity index (χ4n) is 1.65. The molecule has 1 aromatic carbocycles. The molecule has 0 bridgehead atoms. The number of ether oxygens (including phenoxy) is 2. The molecule has 0 saturated carbocycles. The highest BCUT2D eigenvalue weighted by Gasteiger charge is 2.06. The first kappa shape index (κ1) is 15.3. The lowest BCUT2D eigenvalue weighted by Gasteiger charge is -2.13. The Morgan fingerprint density at radius 3 is 2.74 bits per heavy atom. The van der Waals surface area contributed by atoms with E-state index in [1.807, 2.05) is 25.1 Å². The van der Waals surface area contributed by atoms with Crippen LogP contribution in [0.5, 0.6) is 11.5 Å². The normalized spacial score (nSPS) is 9.95. The van der Waals surface area contributed by atoms with E-state index in [-0.39, 0.29) is 0 Å². The Morgan fingerprint density at radius 1 is 1.21 bits per heavy atom. The molecule has 4 heteroatoms. The highest BCUT2D eigenvalue weighted by atomic mass is 16.5. The number of nitrogens with one attached hydrogen (secondary N) is 1. The molecule has 0 aromatic heterocycles. The topological polar surface area (TPSA) is 54.3 Å². The van der Waals surface area contributed by atoms with Gasteiger partial charge in [0.05, 0.1) is 19.3 Å². The van der Waals surface area contributed by atoms with E-state index in [2.05, 4.69) is 18.3 Å². The maximum atomic E-state index is 8.48. The van der Waals surface area contributed by atoms with Crippen molar-refractivity contribution in [2.45, 2.75) is 33.2 Å². The van der Waals surface area contributed by atoms with Crippen molar-refractivity contribution < 1.29 is 9.47 Å². The van der Waals surface area contributed by atoms with Gasteiger partial charge in [0.25, 0.3) is 0 Å². The summed E-state index contributed by atoms with van der Waals surface area (Å²) in [4.78, 5) is 0. The first-order valence-electron chi connectivity index (χ1n) is 6.78. The first-order chi connectivity index (χ1) is 9.31. The number of unbranched alkanes of at least 4 members (excludes halogenated alkanes) is 1. The van der Waals surface area contributed by atoms with Gasteiger partial charge >= 0.3 is 0 Å². The summed E-state index contributed by atoms with van der Waals surface area (Å²) < 4.78 is 11.3. The second kappa shape index (κ2) is 9.23. The van der Waals surface area contributed by atoms with E-state index in [0.29, 0.717) is 19.6 Å². The van der Waals surface area contributed by atoms with Crippen LogP contribution in [0, 0.1) is 11.3 Å². The molecule has 1 N–H and O–H groups in total. The van der Waals surface area contributed by atoms with E-state index in [1.54, 1.807) is 0 Å². The number of nitrogens with zero attached hydrogens (tertiary/aromatic N) is 1. The van der Waals surface area contributed by atoms with E-state index in [4.69, 9.17) is 14.7 Å². The third-order valence-electron chi connectivity index (χ3n) is 2.58. The van der Waals surface area contributed by atoms with E-state index in [1.165, 1.54) is 5.56 Å². The zero-order chi connectivity index (χ0) is 13.9. The van der Waals surface area contributed by atoms with Crippen LogP contribution in [0.3, 0.4) is 0 Å². The molecule has 0 heterocycles. The summed E-state index contributed by atoms with van der Waals surface area (Å²) in [5.74, 6) is 1.52. The summed E-state index contributed by atoms with van der Waals surface area (Å²) in [6.45, 7) is 6.95. The first-order valence-corrected chi connectivity index (χ1v) is 6.78. The molecule has 0 spiro atoms. The van der Waals surface area contributed by atoms with Gasteiger partial charge in [-0.05, 0) is 37.6 Å². The van der Waals surface area contributed by atoms with Gasteiger partial charge in [-0.25, -0.2) is 0 Å². The smallest absolute Gasteiger partial charge is 0.161 e. The van der Waals surface area contributed by atoms with Gasteiger partial charge in [0.15, 0.2) is 11.5 Å². The highest BCUT2D eigenvalue weighted by molar-refractivity contribution is 5.43. The SMILES string of the molecule is CCNCc1ccc(OCCCC#N)c(OCC)c1. The van der Waals surface area contributed by atoms with Gasteiger partial charge in [-0.2, -0.15) is 5.26 Å². The Kier molecular flexibility index (Phi) is 7.45. The van der Waals surface area contributed by atoms with Gasteiger partial charge in [-0.1, -0.05) is 13.0 Å². The van der Waals surface area contributed by atoms with Crippen LogP contribution >= 0.6 is 0 Å². The molecule has 0 amide bonds. The van der Waals surface area contributed by atoms with Crippen molar-refractivity contribution in [3.63, 3.8) is 0 Å². The summed E-state index contributed by atoms with van der Waals surface area (Å²) in [5.41, 5.74) is 1.18. The lowest BCUT2D eigenvalue weighted by atomic mass is 10.2. The van der Waals surface area contributed by atoms with E-state index < -0.39 is 0 Å². The number of benzene rings is 1. The second-order valence-corrected chi connectivity index (χ2v) is 4.10. The Hall–Kier alpha value is -1.73. The third-order valence-corrected chi connectivity index (χ3v) is 2.58. The van der Waals surface area contributed by atoms with Gasteiger partial charge in [-0.15, -0.1) is 0 Å². The van der Waals surface area contributed by atoms with E-state index in [9.17, 15) is 0 Å². The maximum absolute atomic E-state index is 8.48. The Morgan fingerprint density at radius 2 is 2.05 bits per heavy atom. The summed E-state index contributed by atoms with van der Waals surface area (Å²) in [6, 6.07) is 8.08. The molecule has 104 valence electrons. The molecule has 0 fully saturated rings. The molecule has 19 heavy (non-hydrogen) atoms. The van der Waals surface area contributed by atoms with Gasteiger partial charge in [0.2, 0.25) is 0 Å². The Bertz CT molecular complexity index is 413. The predicted octanol–water partition coefficient (Wildman–Crippen LogP) is 2.88. The van der Waals surface area contributed by atoms with Gasteiger partial charge in [0.1, 0.15) is 0 Å². The minimum Gasteiger partial charge on any atom is -0.490 e. The average molecular weight is 262 g/mol. The van der Waals surface area contributed by atoms with Crippen LogP contribution in [0.2, 0.25) is 0 Å². The van der Waals surface area contributed by atoms with Gasteiger partial charge in [0, 0.05) is 13.0 Å². The summed E-state index contributed by atoms with van der Waals surface area (Å²) in [7, 11) is 0. The quantitative estimate of drug-likeness (QED) is 0.695.